The van der Waals surface area contributed by atoms with Crippen LogP contribution in [0.3, 0.4) is 0 Å². The van der Waals surface area contributed by atoms with Crippen LogP contribution in [-0.2, 0) is 6.42 Å². The van der Waals surface area contributed by atoms with Gasteiger partial charge >= 0.3 is 0 Å². The molecule has 1 heteroatoms. The van der Waals surface area contributed by atoms with E-state index in [4.69, 9.17) is 0 Å². The van der Waals surface area contributed by atoms with Gasteiger partial charge in [0.2, 0.25) is 0 Å². The van der Waals surface area contributed by atoms with E-state index in [1.165, 1.54) is 52.6 Å². The molecule has 2 aromatic rings. The lowest BCUT2D eigenvalue weighted by Crippen LogP contribution is -2.01. The Bertz CT molecular complexity index is 725. The van der Waals surface area contributed by atoms with Crippen LogP contribution in [0, 0.1) is 0 Å². The number of rotatable bonds is 1. The van der Waals surface area contributed by atoms with Gasteiger partial charge in [-0.1, -0.05) is 36.4 Å². The summed E-state index contributed by atoms with van der Waals surface area (Å²) in [6.45, 7) is 0. The van der Waals surface area contributed by atoms with Crippen molar-refractivity contribution >= 4 is 17.0 Å². The quantitative estimate of drug-likeness (QED) is 0.746. The van der Waals surface area contributed by atoms with Crippen molar-refractivity contribution in [1.82, 2.24) is 4.98 Å². The Morgan fingerprint density at radius 1 is 0.947 bits per heavy atom. The van der Waals surface area contributed by atoms with E-state index in [1.54, 1.807) is 0 Å². The maximum absolute atomic E-state index is 3.56. The second-order valence-corrected chi connectivity index (χ2v) is 5.39. The van der Waals surface area contributed by atoms with E-state index in [2.05, 4.69) is 53.6 Å². The monoisotopic (exact) mass is 247 g/mol. The molecule has 0 amide bonds. The summed E-state index contributed by atoms with van der Waals surface area (Å²) in [5.74, 6) is 0. The van der Waals surface area contributed by atoms with Crippen molar-refractivity contribution in [2.45, 2.75) is 25.7 Å². The number of fused-ring (bicyclic) bond motifs is 3. The number of aromatic nitrogens is 1. The summed E-state index contributed by atoms with van der Waals surface area (Å²) in [5.41, 5.74) is 7.11. The average molecular weight is 247 g/mol. The number of aromatic amines is 1. The first kappa shape index (κ1) is 10.9. The molecule has 2 aliphatic carbocycles. The van der Waals surface area contributed by atoms with Gasteiger partial charge in [-0.3, -0.25) is 0 Å². The standard InChI is InChI=1S/C18H17N/c1-2-6-13(7-3-1)14-10-11-16-15-8-4-5-9-17(15)19-18(16)12-14/h1-2,4-6,8-9,12,19H,3,7,10-11H2. The van der Waals surface area contributed by atoms with Gasteiger partial charge in [0.15, 0.2) is 0 Å². The molecule has 1 nitrogen and oxygen atoms in total. The zero-order valence-corrected chi connectivity index (χ0v) is 10.9. The molecule has 0 unspecified atom stereocenters. The number of aryl methyl sites for hydroxylation is 1. The highest BCUT2D eigenvalue weighted by molar-refractivity contribution is 5.88. The first-order chi connectivity index (χ1) is 9.42. The van der Waals surface area contributed by atoms with Crippen molar-refractivity contribution in [1.29, 1.82) is 0 Å². The summed E-state index contributed by atoms with van der Waals surface area (Å²) in [4.78, 5) is 3.56. The maximum Gasteiger partial charge on any atom is 0.0461 e. The Hall–Kier alpha value is -2.02. The molecule has 0 fully saturated rings. The van der Waals surface area contributed by atoms with E-state index >= 15 is 0 Å². The minimum atomic E-state index is 1.16. The summed E-state index contributed by atoms with van der Waals surface area (Å²) < 4.78 is 0. The number of nitrogens with one attached hydrogen (secondary N) is 1. The molecule has 1 heterocycles. The van der Waals surface area contributed by atoms with Crippen LogP contribution in [0.1, 0.15) is 30.5 Å². The Morgan fingerprint density at radius 2 is 1.89 bits per heavy atom. The van der Waals surface area contributed by atoms with Gasteiger partial charge in [-0.2, -0.15) is 0 Å². The molecule has 1 N–H and O–H groups in total. The van der Waals surface area contributed by atoms with Crippen molar-refractivity contribution in [2.75, 3.05) is 0 Å². The molecule has 1 aromatic heterocycles. The first-order valence-corrected chi connectivity index (χ1v) is 7.08. The Morgan fingerprint density at radius 3 is 2.79 bits per heavy atom. The van der Waals surface area contributed by atoms with Gasteiger partial charge in [-0.05, 0) is 54.5 Å². The molecule has 19 heavy (non-hydrogen) atoms. The lowest BCUT2D eigenvalue weighted by Gasteiger charge is -2.17. The van der Waals surface area contributed by atoms with E-state index in [1.807, 2.05) is 0 Å². The normalized spacial score (nSPS) is 18.1. The number of allylic oxidation sites excluding steroid dienone is 5. The third-order valence-corrected chi connectivity index (χ3v) is 4.24. The van der Waals surface area contributed by atoms with Gasteiger partial charge in [0.1, 0.15) is 0 Å². The van der Waals surface area contributed by atoms with Gasteiger partial charge in [0, 0.05) is 16.6 Å². The summed E-state index contributed by atoms with van der Waals surface area (Å²) in [6.07, 6.45) is 13.8. The number of para-hydroxylation sites is 1. The molecule has 0 saturated heterocycles. The largest absolute Gasteiger partial charge is 0.355 e. The smallest absolute Gasteiger partial charge is 0.0461 e. The molecule has 2 aliphatic rings. The van der Waals surface area contributed by atoms with Gasteiger partial charge in [-0.15, -0.1) is 0 Å². The number of hydrogen-bond acceptors (Lipinski definition) is 0. The summed E-state index contributed by atoms with van der Waals surface area (Å²) in [7, 11) is 0. The Balaban J connectivity index is 1.82. The Labute approximate surface area is 113 Å². The Kier molecular flexibility index (Phi) is 2.44. The number of H-pyrrole nitrogens is 1. The second-order valence-electron chi connectivity index (χ2n) is 5.39. The number of benzene rings is 1. The minimum absolute atomic E-state index is 1.16. The lowest BCUT2D eigenvalue weighted by atomic mass is 9.88. The van der Waals surface area contributed by atoms with Crippen molar-refractivity contribution in [2.24, 2.45) is 0 Å². The molecule has 0 atom stereocenters. The molecular weight excluding hydrogens is 230 g/mol. The summed E-state index contributed by atoms with van der Waals surface area (Å²) >= 11 is 0. The SMILES string of the molecule is C1=CCCC(C2=Cc3[nH]c4ccccc4c3CC2)=C1. The second kappa shape index (κ2) is 4.27. The average Bonchev–Trinajstić information content (AvgIpc) is 2.86. The van der Waals surface area contributed by atoms with E-state index in [9.17, 15) is 0 Å². The predicted octanol–water partition coefficient (Wildman–Crippen LogP) is 4.77. The molecule has 4 rings (SSSR count). The van der Waals surface area contributed by atoms with Crippen LogP contribution in [0.2, 0.25) is 0 Å². The van der Waals surface area contributed by atoms with Crippen molar-refractivity contribution in [3.05, 3.63) is 64.9 Å². The zero-order chi connectivity index (χ0) is 12.7. The van der Waals surface area contributed by atoms with Gasteiger partial charge in [0.05, 0.1) is 0 Å². The van der Waals surface area contributed by atoms with E-state index in [0.29, 0.717) is 0 Å². The molecule has 0 radical (unpaired) electrons. The molecule has 0 aliphatic heterocycles. The molecular formula is C18H17N. The highest BCUT2D eigenvalue weighted by atomic mass is 14.7. The fraction of sp³-hybridized carbons (Fsp3) is 0.222. The highest BCUT2D eigenvalue weighted by Gasteiger charge is 2.17. The van der Waals surface area contributed by atoms with Gasteiger partial charge < -0.3 is 4.98 Å². The predicted molar refractivity (Wildman–Crippen MR) is 81.1 cm³/mol. The molecule has 1 aromatic carbocycles. The highest BCUT2D eigenvalue weighted by Crippen LogP contribution is 2.34. The maximum atomic E-state index is 3.56. The number of hydrogen-bond donors (Lipinski definition) is 1. The van der Waals surface area contributed by atoms with Crippen LogP contribution in [0.5, 0.6) is 0 Å². The van der Waals surface area contributed by atoms with E-state index in [-0.39, 0.29) is 0 Å². The third-order valence-electron chi connectivity index (χ3n) is 4.24. The van der Waals surface area contributed by atoms with Crippen molar-refractivity contribution in [3.63, 3.8) is 0 Å². The summed E-state index contributed by atoms with van der Waals surface area (Å²) in [6, 6.07) is 8.63. The van der Waals surface area contributed by atoms with Crippen LogP contribution in [0.4, 0.5) is 0 Å². The van der Waals surface area contributed by atoms with E-state index < -0.39 is 0 Å². The van der Waals surface area contributed by atoms with Crippen LogP contribution >= 0.6 is 0 Å². The fourth-order valence-corrected chi connectivity index (χ4v) is 3.24. The lowest BCUT2D eigenvalue weighted by molar-refractivity contribution is 0.886. The van der Waals surface area contributed by atoms with E-state index in [0.717, 1.165) is 6.42 Å². The molecule has 0 saturated carbocycles. The minimum Gasteiger partial charge on any atom is -0.355 e. The summed E-state index contributed by atoms with van der Waals surface area (Å²) in [5, 5.41) is 1.39. The topological polar surface area (TPSA) is 15.8 Å². The van der Waals surface area contributed by atoms with Gasteiger partial charge in [0.25, 0.3) is 0 Å². The molecule has 94 valence electrons. The zero-order valence-electron chi connectivity index (χ0n) is 10.9. The molecule has 0 bridgehead atoms. The van der Waals surface area contributed by atoms with Crippen molar-refractivity contribution in [3.8, 4) is 0 Å². The molecule has 0 spiro atoms. The van der Waals surface area contributed by atoms with Crippen LogP contribution in [0.15, 0.2) is 53.6 Å². The van der Waals surface area contributed by atoms with Crippen LogP contribution in [-0.4, -0.2) is 4.98 Å². The first-order valence-electron chi connectivity index (χ1n) is 7.08. The van der Waals surface area contributed by atoms with Crippen LogP contribution in [0.25, 0.3) is 17.0 Å². The van der Waals surface area contributed by atoms with Crippen molar-refractivity contribution < 1.29 is 0 Å². The van der Waals surface area contributed by atoms with Crippen LogP contribution < -0.4 is 0 Å². The van der Waals surface area contributed by atoms with Gasteiger partial charge in [-0.25, -0.2) is 0 Å². The fourth-order valence-electron chi connectivity index (χ4n) is 3.24. The third kappa shape index (κ3) is 1.77.